The zero-order chi connectivity index (χ0) is 22.4. The number of carboxylic acid groups (broad SMARTS) is 1. The first-order valence-corrected chi connectivity index (χ1v) is 9.54. The van der Waals surface area contributed by atoms with Crippen molar-refractivity contribution in [1.82, 2.24) is 15.1 Å². The van der Waals surface area contributed by atoms with Crippen LogP contribution in [0.2, 0.25) is 0 Å². The molecule has 31 heavy (non-hydrogen) atoms. The number of carbonyl (C=O) groups is 1. The van der Waals surface area contributed by atoms with E-state index in [1.165, 1.54) is 22.3 Å². The van der Waals surface area contributed by atoms with Gasteiger partial charge >= 0.3 is 12.1 Å². The summed E-state index contributed by atoms with van der Waals surface area (Å²) in [6.07, 6.45) is -0.273. The maximum Gasteiger partial charge on any atom is 0.490 e. The Bertz CT molecular complexity index is 1020. The second-order valence-corrected chi connectivity index (χ2v) is 7.20. The van der Waals surface area contributed by atoms with Crippen LogP contribution in [-0.2, 0) is 24.3 Å². The first-order valence-electron chi connectivity index (χ1n) is 9.54. The number of nitrogens with zero attached hydrogens (tertiary/aromatic N) is 2. The van der Waals surface area contributed by atoms with Crippen LogP contribution in [0.25, 0.3) is 11.1 Å². The van der Waals surface area contributed by atoms with Crippen LogP contribution in [-0.4, -0.2) is 46.0 Å². The maximum atomic E-state index is 10.6. The number of hydrogen-bond acceptors (Lipinski definition) is 4. The number of fused-ring (bicyclic) bond motifs is 1. The normalized spacial score (nSPS) is 12.7. The van der Waals surface area contributed by atoms with Crippen molar-refractivity contribution in [3.8, 4) is 16.9 Å². The number of benzene rings is 2. The largest absolute Gasteiger partial charge is 0.493 e. The van der Waals surface area contributed by atoms with Crippen molar-refractivity contribution in [2.45, 2.75) is 25.7 Å². The van der Waals surface area contributed by atoms with Crippen molar-refractivity contribution in [3.05, 3.63) is 71.5 Å². The minimum absolute atomic E-state index is 0.815. The number of halogens is 3. The number of nitrogens with one attached hydrogen (secondary N) is 1. The van der Waals surface area contributed by atoms with Crippen LogP contribution in [0, 0.1) is 0 Å². The van der Waals surface area contributed by atoms with E-state index in [2.05, 4.69) is 64.6 Å². The first kappa shape index (κ1) is 22.4. The molecule has 2 aromatic carbocycles. The Kier molecular flexibility index (Phi) is 6.96. The van der Waals surface area contributed by atoms with E-state index in [4.69, 9.17) is 14.6 Å². The number of carboxylic acids is 1. The average Bonchev–Trinajstić information content (AvgIpc) is 3.39. The van der Waals surface area contributed by atoms with Gasteiger partial charge in [-0.15, -0.1) is 0 Å². The molecule has 0 amide bonds. The third kappa shape index (κ3) is 6.32. The van der Waals surface area contributed by atoms with Gasteiger partial charge in [0.2, 0.25) is 0 Å². The number of aromatic nitrogens is 2. The fraction of sp³-hybridized carbons (Fsp3) is 0.273. The molecule has 0 unspecified atom stereocenters. The molecule has 0 fully saturated rings. The predicted molar refractivity (Wildman–Crippen MR) is 109 cm³/mol. The minimum atomic E-state index is -5.08. The van der Waals surface area contributed by atoms with Gasteiger partial charge < -0.3 is 9.84 Å². The molecule has 1 aromatic heterocycles. The molecule has 1 aliphatic heterocycles. The Morgan fingerprint density at radius 2 is 1.87 bits per heavy atom. The van der Waals surface area contributed by atoms with Crippen LogP contribution in [0.15, 0.2) is 54.9 Å². The van der Waals surface area contributed by atoms with E-state index >= 15 is 0 Å². The van der Waals surface area contributed by atoms with E-state index in [1.807, 2.05) is 12.4 Å². The summed E-state index contributed by atoms with van der Waals surface area (Å²) in [5.41, 5.74) is 6.30. The van der Waals surface area contributed by atoms with Crippen molar-refractivity contribution in [2.75, 3.05) is 13.7 Å². The minimum Gasteiger partial charge on any atom is -0.493 e. The fourth-order valence-electron chi connectivity index (χ4n) is 3.28. The number of rotatable bonds is 5. The molecule has 0 saturated heterocycles. The van der Waals surface area contributed by atoms with Crippen LogP contribution in [0.3, 0.4) is 0 Å². The number of hydrogen-bond donors (Lipinski definition) is 2. The summed E-state index contributed by atoms with van der Waals surface area (Å²) in [6, 6.07) is 15.2. The molecule has 2 heterocycles. The number of alkyl halides is 3. The van der Waals surface area contributed by atoms with E-state index in [-0.39, 0.29) is 0 Å². The SMILES string of the molecule is CN(Cc1cccc(-c2cn[nH]c2)c1)Cc1ccc2c(c1)CCO2.O=C(O)C(F)(F)F. The number of H-pyrrole nitrogens is 1. The van der Waals surface area contributed by atoms with Gasteiger partial charge in [-0.25, -0.2) is 4.79 Å². The maximum absolute atomic E-state index is 10.6. The molecule has 0 spiro atoms. The van der Waals surface area contributed by atoms with Gasteiger partial charge in [0.1, 0.15) is 5.75 Å². The highest BCUT2D eigenvalue weighted by Gasteiger charge is 2.38. The van der Waals surface area contributed by atoms with Crippen LogP contribution < -0.4 is 4.74 Å². The highest BCUT2D eigenvalue weighted by molar-refractivity contribution is 5.73. The molecule has 0 atom stereocenters. The monoisotopic (exact) mass is 433 g/mol. The van der Waals surface area contributed by atoms with Gasteiger partial charge in [0.25, 0.3) is 0 Å². The Morgan fingerprint density at radius 1 is 1.16 bits per heavy atom. The lowest BCUT2D eigenvalue weighted by atomic mass is 10.1. The lowest BCUT2D eigenvalue weighted by molar-refractivity contribution is -0.192. The van der Waals surface area contributed by atoms with Gasteiger partial charge in [-0.3, -0.25) is 10.00 Å². The smallest absolute Gasteiger partial charge is 0.490 e. The Labute approximate surface area is 177 Å². The highest BCUT2D eigenvalue weighted by Crippen LogP contribution is 2.26. The molecule has 4 rings (SSSR count). The summed E-state index contributed by atoms with van der Waals surface area (Å²) in [5, 5.41) is 14.0. The molecule has 164 valence electrons. The highest BCUT2D eigenvalue weighted by atomic mass is 19.4. The van der Waals surface area contributed by atoms with Gasteiger partial charge in [0.05, 0.1) is 12.8 Å². The van der Waals surface area contributed by atoms with Crippen LogP contribution in [0.1, 0.15) is 16.7 Å². The molecule has 2 N–H and O–H groups in total. The third-order valence-corrected chi connectivity index (χ3v) is 4.66. The van der Waals surface area contributed by atoms with E-state index in [1.54, 1.807) is 0 Å². The second-order valence-electron chi connectivity index (χ2n) is 7.20. The van der Waals surface area contributed by atoms with Crippen molar-refractivity contribution < 1.29 is 27.8 Å². The van der Waals surface area contributed by atoms with Crippen molar-refractivity contribution in [1.29, 1.82) is 0 Å². The third-order valence-electron chi connectivity index (χ3n) is 4.66. The van der Waals surface area contributed by atoms with E-state index in [9.17, 15) is 13.2 Å². The van der Waals surface area contributed by atoms with Crippen molar-refractivity contribution in [2.24, 2.45) is 0 Å². The zero-order valence-corrected chi connectivity index (χ0v) is 16.8. The molecular weight excluding hydrogens is 411 g/mol. The van der Waals surface area contributed by atoms with Gasteiger partial charge in [-0.1, -0.05) is 30.3 Å². The molecule has 3 aromatic rings. The van der Waals surface area contributed by atoms with Crippen LogP contribution >= 0.6 is 0 Å². The Balaban J connectivity index is 0.000000339. The molecule has 1 aliphatic rings. The zero-order valence-electron chi connectivity index (χ0n) is 16.8. The summed E-state index contributed by atoms with van der Waals surface area (Å²) in [7, 11) is 2.16. The first-order chi connectivity index (χ1) is 14.7. The molecule has 0 aliphatic carbocycles. The Morgan fingerprint density at radius 3 is 2.52 bits per heavy atom. The Hall–Kier alpha value is -3.33. The number of aromatic amines is 1. The summed E-state index contributed by atoms with van der Waals surface area (Å²) in [5.74, 6) is -1.71. The summed E-state index contributed by atoms with van der Waals surface area (Å²) in [6.45, 7) is 2.66. The number of ether oxygens (including phenoxy) is 1. The summed E-state index contributed by atoms with van der Waals surface area (Å²) < 4.78 is 37.3. The molecule has 0 saturated carbocycles. The summed E-state index contributed by atoms with van der Waals surface area (Å²) in [4.78, 5) is 11.2. The lowest BCUT2D eigenvalue weighted by Gasteiger charge is -2.17. The molecular formula is C22H22F3N3O3. The van der Waals surface area contributed by atoms with E-state index in [0.29, 0.717) is 0 Å². The molecule has 0 bridgehead atoms. The molecule has 6 nitrogen and oxygen atoms in total. The van der Waals surface area contributed by atoms with Gasteiger partial charge in [0, 0.05) is 31.3 Å². The van der Waals surface area contributed by atoms with Crippen LogP contribution in [0.5, 0.6) is 5.75 Å². The average molecular weight is 433 g/mol. The summed E-state index contributed by atoms with van der Waals surface area (Å²) >= 11 is 0. The lowest BCUT2D eigenvalue weighted by Crippen LogP contribution is -2.21. The van der Waals surface area contributed by atoms with Crippen molar-refractivity contribution >= 4 is 5.97 Å². The molecule has 0 radical (unpaired) electrons. The van der Waals surface area contributed by atoms with Gasteiger partial charge in [0.15, 0.2) is 0 Å². The van der Waals surface area contributed by atoms with Crippen LogP contribution in [0.4, 0.5) is 13.2 Å². The predicted octanol–water partition coefficient (Wildman–Crippen LogP) is 4.28. The topological polar surface area (TPSA) is 78.5 Å². The van der Waals surface area contributed by atoms with E-state index < -0.39 is 12.1 Å². The molecule has 9 heteroatoms. The second kappa shape index (κ2) is 9.65. The standard InChI is InChI=1S/C20H21N3O.C2HF3O2/c1-23(14-16-5-6-20-18(10-16)7-8-24-20)13-15-3-2-4-17(9-15)19-11-21-22-12-19;3-2(4,5)1(6)7/h2-6,9-12H,7-8,13-14H2,1H3,(H,21,22);(H,6,7). The van der Waals surface area contributed by atoms with E-state index in [0.717, 1.165) is 37.4 Å². The van der Waals surface area contributed by atoms with Gasteiger partial charge in [-0.2, -0.15) is 18.3 Å². The quantitative estimate of drug-likeness (QED) is 0.628. The number of aliphatic carboxylic acids is 1. The van der Waals surface area contributed by atoms with Crippen molar-refractivity contribution in [3.63, 3.8) is 0 Å². The fourth-order valence-corrected chi connectivity index (χ4v) is 3.28. The van der Waals surface area contributed by atoms with Gasteiger partial charge in [-0.05, 0) is 41.4 Å².